The fourth-order valence-electron chi connectivity index (χ4n) is 4.18. The average Bonchev–Trinajstić information content (AvgIpc) is 2.49. The van der Waals surface area contributed by atoms with E-state index in [1.807, 2.05) is 0 Å². The molecule has 3 nitrogen and oxygen atoms in total. The maximum absolute atomic E-state index is 12.4. The van der Waals surface area contributed by atoms with Gasteiger partial charge in [-0.15, -0.1) is 0 Å². The lowest BCUT2D eigenvalue weighted by molar-refractivity contribution is -0.180. The molecular weight excluding hydrogens is 250 g/mol. The van der Waals surface area contributed by atoms with Crippen LogP contribution >= 0.6 is 0 Å². The molecule has 0 spiro atoms. The molecule has 3 atom stereocenters. The molecule has 4 aliphatic rings. The number of esters is 1. The quantitative estimate of drug-likeness (QED) is 0.735. The second kappa shape index (κ2) is 4.59. The molecule has 1 aromatic rings. The predicted octanol–water partition coefficient (Wildman–Crippen LogP) is 2.49. The Morgan fingerprint density at radius 3 is 2.55 bits per heavy atom. The first-order valence-corrected chi connectivity index (χ1v) is 7.73. The summed E-state index contributed by atoms with van der Waals surface area (Å²) in [6.07, 6.45) is 3.49. The highest BCUT2D eigenvalue weighted by Gasteiger charge is 2.49. The van der Waals surface area contributed by atoms with Gasteiger partial charge >= 0.3 is 5.97 Å². The van der Waals surface area contributed by atoms with Gasteiger partial charge in [0.2, 0.25) is 0 Å². The molecule has 106 valence electrons. The molecule has 0 N–H and O–H groups in total. The summed E-state index contributed by atoms with van der Waals surface area (Å²) in [6.45, 7) is 4.44. The van der Waals surface area contributed by atoms with Gasteiger partial charge in [-0.05, 0) is 50.8 Å². The molecule has 20 heavy (non-hydrogen) atoms. The molecule has 5 rings (SSSR count). The van der Waals surface area contributed by atoms with E-state index in [-0.39, 0.29) is 18.0 Å². The summed E-state index contributed by atoms with van der Waals surface area (Å²) in [5.41, 5.74) is 2.35. The van der Waals surface area contributed by atoms with Crippen LogP contribution in [-0.2, 0) is 9.53 Å². The zero-order chi connectivity index (χ0) is 13.7. The smallest absolute Gasteiger partial charge is 0.313 e. The van der Waals surface area contributed by atoms with Crippen LogP contribution in [0.25, 0.3) is 0 Å². The third-order valence-electron chi connectivity index (χ3n) is 5.38. The Hall–Kier alpha value is -1.35. The van der Waals surface area contributed by atoms with Crippen molar-refractivity contribution in [3.8, 4) is 0 Å². The lowest BCUT2D eigenvalue weighted by Crippen LogP contribution is -2.61. The Morgan fingerprint density at radius 2 is 1.85 bits per heavy atom. The summed E-state index contributed by atoms with van der Waals surface area (Å²) in [5.74, 6) is 0.521. The van der Waals surface area contributed by atoms with E-state index in [0.29, 0.717) is 12.0 Å². The fourth-order valence-corrected chi connectivity index (χ4v) is 4.18. The molecule has 0 aliphatic carbocycles. The number of nitrogens with zero attached hydrogens (tertiary/aromatic N) is 1. The molecule has 0 amide bonds. The van der Waals surface area contributed by atoms with E-state index in [0.717, 1.165) is 12.0 Å². The Bertz CT molecular complexity index is 516. The Labute approximate surface area is 119 Å². The third-order valence-corrected chi connectivity index (χ3v) is 5.38. The van der Waals surface area contributed by atoms with Crippen molar-refractivity contribution < 1.29 is 9.53 Å². The topological polar surface area (TPSA) is 29.5 Å². The van der Waals surface area contributed by atoms with E-state index in [1.54, 1.807) is 0 Å². The third kappa shape index (κ3) is 1.87. The van der Waals surface area contributed by atoms with Crippen molar-refractivity contribution in [1.29, 1.82) is 0 Å². The molecule has 0 aromatic heterocycles. The maximum atomic E-state index is 12.4. The normalized spacial score (nSPS) is 39.2. The summed E-state index contributed by atoms with van der Waals surface area (Å²) >= 11 is 0. The molecule has 4 saturated heterocycles. The number of aryl methyl sites for hydroxylation is 1. The molecule has 4 aliphatic heterocycles. The number of piperidine rings is 3. The van der Waals surface area contributed by atoms with E-state index in [1.165, 1.54) is 31.5 Å². The second-order valence-corrected chi connectivity index (χ2v) is 6.54. The number of rotatable bonds is 1. The zero-order valence-corrected chi connectivity index (χ0v) is 11.9. The Balaban J connectivity index is 1.60. The monoisotopic (exact) mass is 271 g/mol. The molecular formula is C17H21NO2. The van der Waals surface area contributed by atoms with Gasteiger partial charge in [0.1, 0.15) is 6.10 Å². The van der Waals surface area contributed by atoms with Crippen molar-refractivity contribution in [3.63, 3.8) is 0 Å². The summed E-state index contributed by atoms with van der Waals surface area (Å²) in [4.78, 5) is 14.9. The first kappa shape index (κ1) is 12.4. The molecule has 3 unspecified atom stereocenters. The average molecular weight is 271 g/mol. The summed E-state index contributed by atoms with van der Waals surface area (Å²) in [7, 11) is 0. The van der Waals surface area contributed by atoms with Crippen LogP contribution in [0.1, 0.15) is 36.3 Å². The van der Waals surface area contributed by atoms with E-state index in [2.05, 4.69) is 36.1 Å². The van der Waals surface area contributed by atoms with E-state index in [9.17, 15) is 4.79 Å². The molecule has 4 fully saturated rings. The highest BCUT2D eigenvalue weighted by atomic mass is 16.5. The number of carbonyl (C=O) groups is 1. The lowest BCUT2D eigenvalue weighted by atomic mass is 9.75. The van der Waals surface area contributed by atoms with E-state index in [4.69, 9.17) is 4.74 Å². The van der Waals surface area contributed by atoms with Crippen LogP contribution in [0.4, 0.5) is 0 Å². The number of ether oxygens (including phenoxy) is 1. The van der Waals surface area contributed by atoms with Gasteiger partial charge in [0.05, 0.1) is 5.92 Å². The minimum absolute atomic E-state index is 0.0103. The van der Waals surface area contributed by atoms with Crippen LogP contribution in [0.2, 0.25) is 0 Å². The summed E-state index contributed by atoms with van der Waals surface area (Å²) in [6, 6.07) is 8.78. The number of hydrogen-bond donors (Lipinski definition) is 0. The van der Waals surface area contributed by atoms with Crippen molar-refractivity contribution in [2.45, 2.75) is 44.2 Å². The van der Waals surface area contributed by atoms with Gasteiger partial charge in [-0.2, -0.15) is 0 Å². The Morgan fingerprint density at radius 1 is 1.15 bits per heavy atom. The summed E-state index contributed by atoms with van der Waals surface area (Å²) < 4.78 is 5.84. The molecule has 2 bridgehead atoms. The number of fused-ring (bicyclic) bond motifs is 2. The van der Waals surface area contributed by atoms with Gasteiger partial charge in [-0.25, -0.2) is 0 Å². The minimum atomic E-state index is -0.0730. The van der Waals surface area contributed by atoms with Crippen LogP contribution in [0.5, 0.6) is 0 Å². The lowest BCUT2D eigenvalue weighted by Gasteiger charge is -2.53. The number of hydrogen-bond acceptors (Lipinski definition) is 3. The van der Waals surface area contributed by atoms with Crippen LogP contribution in [0, 0.1) is 12.8 Å². The van der Waals surface area contributed by atoms with Crippen LogP contribution < -0.4 is 0 Å². The van der Waals surface area contributed by atoms with Gasteiger partial charge < -0.3 is 4.74 Å². The van der Waals surface area contributed by atoms with Crippen molar-refractivity contribution in [3.05, 3.63) is 35.4 Å². The van der Waals surface area contributed by atoms with Gasteiger partial charge in [0.15, 0.2) is 0 Å². The van der Waals surface area contributed by atoms with Gasteiger partial charge in [0, 0.05) is 6.04 Å². The van der Waals surface area contributed by atoms with Crippen LogP contribution in [0.3, 0.4) is 0 Å². The maximum Gasteiger partial charge on any atom is 0.313 e. The largest absolute Gasteiger partial charge is 0.460 e. The molecule has 1 aromatic carbocycles. The van der Waals surface area contributed by atoms with Gasteiger partial charge in [0.25, 0.3) is 0 Å². The van der Waals surface area contributed by atoms with Gasteiger partial charge in [-0.3, -0.25) is 9.69 Å². The SMILES string of the molecule is Cc1ccc(C2CC3C(OC2=O)C2CCN3CC2)cc1. The summed E-state index contributed by atoms with van der Waals surface area (Å²) in [5, 5.41) is 0. The minimum Gasteiger partial charge on any atom is -0.460 e. The van der Waals surface area contributed by atoms with E-state index < -0.39 is 0 Å². The fraction of sp³-hybridized carbons (Fsp3) is 0.588. The number of carbonyl (C=O) groups excluding carboxylic acids is 1. The highest BCUT2D eigenvalue weighted by Crippen LogP contribution is 2.42. The standard InChI is InChI=1S/C17H21NO2/c1-11-2-4-12(5-3-11)14-10-15-16(20-17(14)19)13-6-8-18(15)9-7-13/h2-5,13-16H,6-10H2,1H3. The van der Waals surface area contributed by atoms with Crippen LogP contribution in [-0.4, -0.2) is 36.1 Å². The Kier molecular flexibility index (Phi) is 2.84. The highest BCUT2D eigenvalue weighted by molar-refractivity contribution is 5.79. The zero-order valence-electron chi connectivity index (χ0n) is 11.9. The molecule has 0 radical (unpaired) electrons. The molecule has 0 saturated carbocycles. The molecule has 3 heteroatoms. The van der Waals surface area contributed by atoms with Gasteiger partial charge in [-0.1, -0.05) is 29.8 Å². The van der Waals surface area contributed by atoms with E-state index >= 15 is 0 Å². The van der Waals surface area contributed by atoms with Crippen LogP contribution in [0.15, 0.2) is 24.3 Å². The van der Waals surface area contributed by atoms with Crippen molar-refractivity contribution >= 4 is 5.97 Å². The number of benzene rings is 1. The van der Waals surface area contributed by atoms with Crippen molar-refractivity contribution in [2.24, 2.45) is 5.92 Å². The first-order chi connectivity index (χ1) is 9.72. The van der Waals surface area contributed by atoms with Crippen molar-refractivity contribution in [2.75, 3.05) is 13.1 Å². The first-order valence-electron chi connectivity index (χ1n) is 7.73. The predicted molar refractivity (Wildman–Crippen MR) is 76.5 cm³/mol. The van der Waals surface area contributed by atoms with Crippen molar-refractivity contribution in [1.82, 2.24) is 4.90 Å². The second-order valence-electron chi connectivity index (χ2n) is 6.54. The molecule has 4 heterocycles.